The normalized spacial score (nSPS) is 23.1. The van der Waals surface area contributed by atoms with E-state index in [1.165, 1.54) is 28.7 Å². The number of hydrogen-bond donors (Lipinski definition) is 1. The van der Waals surface area contributed by atoms with Crippen molar-refractivity contribution in [3.63, 3.8) is 0 Å². The largest absolute Gasteiger partial charge is 0.353 e. The van der Waals surface area contributed by atoms with E-state index in [0.717, 1.165) is 74.3 Å². The van der Waals surface area contributed by atoms with Crippen molar-refractivity contribution in [2.24, 2.45) is 5.92 Å². The highest BCUT2D eigenvalue weighted by Crippen LogP contribution is 2.28. The van der Waals surface area contributed by atoms with Gasteiger partial charge in [-0.1, -0.05) is 24.2 Å². The van der Waals surface area contributed by atoms with E-state index < -0.39 is 0 Å². The van der Waals surface area contributed by atoms with Gasteiger partial charge in [-0.05, 0) is 51.4 Å². The Hall–Kier alpha value is -1.96. The molecule has 1 aliphatic heterocycles. The van der Waals surface area contributed by atoms with Crippen LogP contribution in [-0.4, -0.2) is 39.6 Å². The van der Waals surface area contributed by atoms with Gasteiger partial charge in [-0.2, -0.15) is 4.52 Å². The van der Waals surface area contributed by atoms with Crippen LogP contribution in [-0.2, 0) is 17.6 Å². The number of anilines is 1. The van der Waals surface area contributed by atoms with E-state index >= 15 is 0 Å². The molecule has 0 radical (unpaired) electrons. The minimum absolute atomic E-state index is 0.000695. The van der Waals surface area contributed by atoms with E-state index in [0.29, 0.717) is 17.5 Å². The Balaban J connectivity index is 1.36. The highest BCUT2D eigenvalue weighted by molar-refractivity contribution is 7.20. The average Bonchev–Trinajstić information content (AvgIpc) is 3.38. The van der Waals surface area contributed by atoms with Crippen LogP contribution in [0.1, 0.15) is 62.6 Å². The molecular formula is C20H27N5O2S. The Kier molecular flexibility index (Phi) is 4.82. The summed E-state index contributed by atoms with van der Waals surface area (Å²) in [6.07, 6.45) is 10.4. The van der Waals surface area contributed by atoms with Gasteiger partial charge in [0.1, 0.15) is 0 Å². The maximum atomic E-state index is 12.8. The van der Waals surface area contributed by atoms with E-state index in [2.05, 4.69) is 15.3 Å². The number of carbonyl (C=O) groups excluding carboxylic acids is 1. The molecular weight excluding hydrogens is 374 g/mol. The van der Waals surface area contributed by atoms with E-state index in [-0.39, 0.29) is 17.4 Å². The molecule has 1 amide bonds. The van der Waals surface area contributed by atoms with Crippen LogP contribution >= 0.6 is 11.3 Å². The molecule has 2 aromatic heterocycles. The standard InChI is InChI=1S/C20H27N5O2S/c26-17(21-14-7-1-2-8-14)13-6-5-11-24(12-13)20-23-25-18(27)15-9-3-4-10-16(15)22-19(25)28-20/h13-14H,1-12H2,(H,21,26)/t13-/m1/s1. The van der Waals surface area contributed by atoms with Gasteiger partial charge in [0, 0.05) is 24.7 Å². The van der Waals surface area contributed by atoms with Gasteiger partial charge in [-0.25, -0.2) is 4.98 Å². The number of piperidine rings is 1. The molecule has 2 aromatic rings. The molecule has 28 heavy (non-hydrogen) atoms. The first-order chi connectivity index (χ1) is 13.7. The third kappa shape index (κ3) is 3.32. The van der Waals surface area contributed by atoms with Crippen molar-refractivity contribution in [1.29, 1.82) is 0 Å². The lowest BCUT2D eigenvalue weighted by atomic mass is 9.97. The Bertz CT molecular complexity index is 946. The summed E-state index contributed by atoms with van der Waals surface area (Å²) in [6, 6.07) is 0.361. The van der Waals surface area contributed by atoms with Crippen LogP contribution in [0.4, 0.5) is 5.13 Å². The summed E-state index contributed by atoms with van der Waals surface area (Å²) >= 11 is 1.47. The maximum Gasteiger partial charge on any atom is 0.278 e. The maximum absolute atomic E-state index is 12.8. The van der Waals surface area contributed by atoms with Crippen LogP contribution in [0, 0.1) is 5.92 Å². The summed E-state index contributed by atoms with van der Waals surface area (Å²) in [5.74, 6) is 0.183. The van der Waals surface area contributed by atoms with Crippen molar-refractivity contribution in [2.75, 3.05) is 18.0 Å². The Morgan fingerprint density at radius 1 is 1.07 bits per heavy atom. The van der Waals surface area contributed by atoms with E-state index in [9.17, 15) is 9.59 Å². The SMILES string of the molecule is O=C(NC1CCCC1)[C@@H]1CCCN(c2nn3c(=O)c4c(nc3s2)CCCC4)C1. The molecule has 5 rings (SSSR count). The molecule has 1 saturated carbocycles. The van der Waals surface area contributed by atoms with Crippen LogP contribution in [0.25, 0.3) is 4.96 Å². The highest BCUT2D eigenvalue weighted by Gasteiger charge is 2.30. The second kappa shape index (κ2) is 7.46. The van der Waals surface area contributed by atoms with Crippen molar-refractivity contribution < 1.29 is 4.79 Å². The number of amides is 1. The lowest BCUT2D eigenvalue weighted by Gasteiger charge is -2.32. The van der Waals surface area contributed by atoms with Crippen LogP contribution in [0.2, 0.25) is 0 Å². The fourth-order valence-electron chi connectivity index (χ4n) is 4.84. The molecule has 150 valence electrons. The zero-order valence-corrected chi connectivity index (χ0v) is 17.0. The zero-order chi connectivity index (χ0) is 19.1. The molecule has 0 aromatic carbocycles. The van der Waals surface area contributed by atoms with E-state index in [1.54, 1.807) is 0 Å². The summed E-state index contributed by atoms with van der Waals surface area (Å²) in [6.45, 7) is 1.55. The van der Waals surface area contributed by atoms with E-state index in [1.807, 2.05) is 0 Å². The number of aryl methyl sites for hydroxylation is 1. The number of rotatable bonds is 3. The first-order valence-corrected chi connectivity index (χ1v) is 11.5. The van der Waals surface area contributed by atoms with E-state index in [4.69, 9.17) is 4.98 Å². The quantitative estimate of drug-likeness (QED) is 0.854. The number of aromatic nitrogens is 3. The van der Waals surface area contributed by atoms with Gasteiger partial charge in [0.05, 0.1) is 11.6 Å². The molecule has 3 heterocycles. The molecule has 0 spiro atoms. The third-order valence-electron chi connectivity index (χ3n) is 6.43. The van der Waals surface area contributed by atoms with Crippen LogP contribution in [0.5, 0.6) is 0 Å². The predicted octanol–water partition coefficient (Wildman–Crippen LogP) is 2.30. The van der Waals surface area contributed by atoms with Crippen molar-refractivity contribution in [1.82, 2.24) is 19.9 Å². The molecule has 7 nitrogen and oxygen atoms in total. The summed E-state index contributed by atoms with van der Waals surface area (Å²) < 4.78 is 1.48. The van der Waals surface area contributed by atoms with Gasteiger partial charge < -0.3 is 10.2 Å². The number of carbonyl (C=O) groups is 1. The van der Waals surface area contributed by atoms with Crippen molar-refractivity contribution >= 4 is 27.3 Å². The molecule has 3 aliphatic rings. The second-order valence-corrected chi connectivity index (χ2v) is 9.34. The summed E-state index contributed by atoms with van der Waals surface area (Å²) in [4.78, 5) is 33.1. The molecule has 1 atom stereocenters. The molecule has 2 aliphatic carbocycles. The summed E-state index contributed by atoms with van der Waals surface area (Å²) in [7, 11) is 0. The molecule has 1 saturated heterocycles. The van der Waals surface area contributed by atoms with Gasteiger partial charge in [-0.15, -0.1) is 5.10 Å². The Morgan fingerprint density at radius 3 is 2.75 bits per heavy atom. The second-order valence-electron chi connectivity index (χ2n) is 8.40. The minimum atomic E-state index is -0.00487. The van der Waals surface area contributed by atoms with Gasteiger partial charge in [0.2, 0.25) is 16.0 Å². The summed E-state index contributed by atoms with van der Waals surface area (Å²) in [5.41, 5.74) is 1.79. The first-order valence-electron chi connectivity index (χ1n) is 10.7. The molecule has 1 N–H and O–H groups in total. The number of fused-ring (bicyclic) bond motifs is 2. The van der Waals surface area contributed by atoms with Crippen molar-refractivity contribution in [3.8, 4) is 0 Å². The zero-order valence-electron chi connectivity index (χ0n) is 16.2. The number of nitrogens with zero attached hydrogens (tertiary/aromatic N) is 4. The first kappa shape index (κ1) is 18.1. The van der Waals surface area contributed by atoms with Crippen LogP contribution < -0.4 is 15.8 Å². The fourth-order valence-corrected chi connectivity index (χ4v) is 5.79. The van der Waals surface area contributed by atoms with Gasteiger partial charge in [0.25, 0.3) is 5.56 Å². The van der Waals surface area contributed by atoms with Crippen LogP contribution in [0.3, 0.4) is 0 Å². The Labute approximate surface area is 168 Å². The molecule has 0 bridgehead atoms. The topological polar surface area (TPSA) is 79.6 Å². The van der Waals surface area contributed by atoms with Crippen LogP contribution in [0.15, 0.2) is 4.79 Å². The average molecular weight is 402 g/mol. The van der Waals surface area contributed by atoms with Gasteiger partial charge in [0.15, 0.2) is 0 Å². The molecule has 2 fully saturated rings. The monoisotopic (exact) mass is 401 g/mol. The minimum Gasteiger partial charge on any atom is -0.353 e. The number of hydrogen-bond acceptors (Lipinski definition) is 6. The van der Waals surface area contributed by atoms with Gasteiger partial charge >= 0.3 is 0 Å². The lowest BCUT2D eigenvalue weighted by molar-refractivity contribution is -0.125. The van der Waals surface area contributed by atoms with Crippen molar-refractivity contribution in [3.05, 3.63) is 21.6 Å². The predicted molar refractivity (Wildman–Crippen MR) is 109 cm³/mol. The summed E-state index contributed by atoms with van der Waals surface area (Å²) in [5, 5.41) is 8.65. The van der Waals surface area contributed by atoms with Crippen molar-refractivity contribution in [2.45, 2.75) is 70.3 Å². The smallest absolute Gasteiger partial charge is 0.278 e. The van der Waals surface area contributed by atoms with Gasteiger partial charge in [-0.3, -0.25) is 9.59 Å². The molecule has 8 heteroatoms. The lowest BCUT2D eigenvalue weighted by Crippen LogP contribution is -2.45. The fraction of sp³-hybridized carbons (Fsp3) is 0.700. The number of nitrogens with one attached hydrogen (secondary N) is 1. The third-order valence-corrected chi connectivity index (χ3v) is 7.40. The highest BCUT2D eigenvalue weighted by atomic mass is 32.1. The Morgan fingerprint density at radius 2 is 1.89 bits per heavy atom. The molecule has 0 unspecified atom stereocenters.